The molecule has 0 radical (unpaired) electrons. The molecule has 1 aliphatic heterocycles. The van der Waals surface area contributed by atoms with E-state index in [0.717, 1.165) is 17.7 Å². The Balaban J connectivity index is 2.49. The smallest absolute Gasteiger partial charge is 0.211 e. The zero-order chi connectivity index (χ0) is 13.2. The lowest BCUT2D eigenvalue weighted by Gasteiger charge is -2.37. The van der Waals surface area contributed by atoms with Gasteiger partial charge in [-0.2, -0.15) is 0 Å². The Kier molecular flexibility index (Phi) is 3.90. The maximum absolute atomic E-state index is 5.88. The van der Waals surface area contributed by atoms with Crippen molar-refractivity contribution in [3.8, 4) is 5.75 Å². The molecule has 2 rings (SSSR count). The summed E-state index contributed by atoms with van der Waals surface area (Å²) in [7, 11) is 1.65. The van der Waals surface area contributed by atoms with E-state index >= 15 is 0 Å². The van der Waals surface area contributed by atoms with Crippen LogP contribution in [0.2, 0.25) is 0 Å². The summed E-state index contributed by atoms with van der Waals surface area (Å²) >= 11 is 0. The van der Waals surface area contributed by atoms with Crippen molar-refractivity contribution < 1.29 is 14.2 Å². The second-order valence-corrected chi connectivity index (χ2v) is 4.64. The molecule has 1 fully saturated rings. The molecule has 2 N–H and O–H groups in total. The molecule has 0 spiro atoms. The van der Waals surface area contributed by atoms with Gasteiger partial charge in [0.1, 0.15) is 5.75 Å². The van der Waals surface area contributed by atoms with E-state index in [4.69, 9.17) is 19.9 Å². The molecule has 0 amide bonds. The fourth-order valence-corrected chi connectivity index (χ4v) is 2.21. The minimum atomic E-state index is -0.859. The molecule has 4 nitrogen and oxygen atoms in total. The van der Waals surface area contributed by atoms with Crippen molar-refractivity contribution in [1.82, 2.24) is 0 Å². The van der Waals surface area contributed by atoms with Gasteiger partial charge in [0, 0.05) is 0 Å². The summed E-state index contributed by atoms with van der Waals surface area (Å²) in [6.45, 7) is 5.72. The first kappa shape index (κ1) is 13.3. The molecule has 4 heteroatoms. The first-order chi connectivity index (χ1) is 8.63. The molecule has 0 atom stereocenters. The number of benzene rings is 1. The summed E-state index contributed by atoms with van der Waals surface area (Å²) in [4.78, 5) is 0. The average Bonchev–Trinajstić information content (AvgIpc) is 2.42. The van der Waals surface area contributed by atoms with Crippen LogP contribution in [-0.4, -0.2) is 26.9 Å². The van der Waals surface area contributed by atoms with Gasteiger partial charge in [0.05, 0.1) is 32.4 Å². The fraction of sp³-hybridized carbons (Fsp3) is 0.571. The van der Waals surface area contributed by atoms with E-state index in [-0.39, 0.29) is 6.54 Å². The summed E-state index contributed by atoms with van der Waals surface area (Å²) in [6.07, 6.45) is 0.898. The highest BCUT2D eigenvalue weighted by molar-refractivity contribution is 5.44. The maximum Gasteiger partial charge on any atom is 0.211 e. The summed E-state index contributed by atoms with van der Waals surface area (Å²) in [5, 5.41) is 0. The molecular weight excluding hydrogens is 230 g/mol. The van der Waals surface area contributed by atoms with Crippen LogP contribution in [0.15, 0.2) is 12.1 Å². The van der Waals surface area contributed by atoms with Crippen molar-refractivity contribution in [3.05, 3.63) is 28.8 Å². The minimum absolute atomic E-state index is 0.284. The Bertz CT molecular complexity index is 425. The van der Waals surface area contributed by atoms with Gasteiger partial charge < -0.3 is 19.9 Å². The zero-order valence-corrected chi connectivity index (χ0v) is 11.3. The number of aryl methyl sites for hydroxylation is 2. The van der Waals surface area contributed by atoms with Gasteiger partial charge in [-0.1, -0.05) is 0 Å². The minimum Gasteiger partial charge on any atom is -0.496 e. The first-order valence-electron chi connectivity index (χ1n) is 6.26. The molecule has 0 aliphatic carbocycles. The van der Waals surface area contributed by atoms with Crippen molar-refractivity contribution in [3.63, 3.8) is 0 Å². The molecule has 100 valence electrons. The Hall–Kier alpha value is -1.10. The number of hydrogen-bond acceptors (Lipinski definition) is 4. The average molecular weight is 251 g/mol. The second-order valence-electron chi connectivity index (χ2n) is 4.64. The predicted molar refractivity (Wildman–Crippen MR) is 69.7 cm³/mol. The van der Waals surface area contributed by atoms with Crippen molar-refractivity contribution in [2.75, 3.05) is 26.9 Å². The van der Waals surface area contributed by atoms with E-state index < -0.39 is 5.79 Å². The monoisotopic (exact) mass is 251 g/mol. The Morgan fingerprint density at radius 3 is 2.39 bits per heavy atom. The van der Waals surface area contributed by atoms with Crippen molar-refractivity contribution in [1.29, 1.82) is 0 Å². The maximum atomic E-state index is 5.88. The SMILES string of the molecule is COc1cc(C)c(C)cc1C1(CN)OCCCO1. The highest BCUT2D eigenvalue weighted by Crippen LogP contribution is 2.37. The van der Waals surface area contributed by atoms with Crippen LogP contribution in [0.4, 0.5) is 0 Å². The molecule has 0 aromatic heterocycles. The number of ether oxygens (including phenoxy) is 3. The second kappa shape index (κ2) is 5.26. The summed E-state index contributed by atoms with van der Waals surface area (Å²) in [5.41, 5.74) is 9.12. The largest absolute Gasteiger partial charge is 0.496 e. The lowest BCUT2D eigenvalue weighted by molar-refractivity contribution is -0.270. The third kappa shape index (κ3) is 2.23. The van der Waals surface area contributed by atoms with E-state index in [0.29, 0.717) is 13.2 Å². The molecule has 1 heterocycles. The molecule has 1 aromatic rings. The number of hydrogen-bond donors (Lipinski definition) is 1. The molecule has 1 saturated heterocycles. The van der Waals surface area contributed by atoms with Gasteiger partial charge in [0.2, 0.25) is 5.79 Å². The van der Waals surface area contributed by atoms with Gasteiger partial charge in [-0.15, -0.1) is 0 Å². The quantitative estimate of drug-likeness (QED) is 0.891. The van der Waals surface area contributed by atoms with E-state index in [1.807, 2.05) is 12.1 Å². The Morgan fingerprint density at radius 1 is 1.22 bits per heavy atom. The van der Waals surface area contributed by atoms with Crippen molar-refractivity contribution >= 4 is 0 Å². The normalized spacial score (nSPS) is 18.7. The number of rotatable bonds is 3. The Labute approximate surface area is 108 Å². The predicted octanol–water partition coefficient (Wildman–Crippen LogP) is 1.86. The molecular formula is C14H21NO3. The van der Waals surface area contributed by atoms with Crippen LogP contribution in [0, 0.1) is 13.8 Å². The fourth-order valence-electron chi connectivity index (χ4n) is 2.21. The van der Waals surface area contributed by atoms with Crippen LogP contribution >= 0.6 is 0 Å². The molecule has 1 aliphatic rings. The van der Waals surface area contributed by atoms with Crippen LogP contribution in [0.25, 0.3) is 0 Å². The van der Waals surface area contributed by atoms with E-state index in [2.05, 4.69) is 13.8 Å². The highest BCUT2D eigenvalue weighted by atomic mass is 16.7. The number of nitrogens with two attached hydrogens (primary N) is 1. The van der Waals surface area contributed by atoms with E-state index in [9.17, 15) is 0 Å². The zero-order valence-electron chi connectivity index (χ0n) is 11.3. The van der Waals surface area contributed by atoms with E-state index in [1.54, 1.807) is 7.11 Å². The molecule has 1 aromatic carbocycles. The van der Waals surface area contributed by atoms with Crippen molar-refractivity contribution in [2.45, 2.75) is 26.1 Å². The summed E-state index contributed by atoms with van der Waals surface area (Å²) in [5.74, 6) is -0.0901. The topological polar surface area (TPSA) is 53.7 Å². The molecule has 0 unspecified atom stereocenters. The van der Waals surface area contributed by atoms with Crippen LogP contribution in [0.5, 0.6) is 5.75 Å². The Morgan fingerprint density at radius 2 is 1.83 bits per heavy atom. The molecule has 0 saturated carbocycles. The van der Waals surface area contributed by atoms with Gasteiger partial charge in [-0.25, -0.2) is 0 Å². The van der Waals surface area contributed by atoms with Crippen LogP contribution in [0.1, 0.15) is 23.1 Å². The van der Waals surface area contributed by atoms with Crippen LogP contribution in [-0.2, 0) is 15.3 Å². The summed E-state index contributed by atoms with van der Waals surface area (Å²) < 4.78 is 17.1. The van der Waals surface area contributed by atoms with Crippen LogP contribution in [0.3, 0.4) is 0 Å². The van der Waals surface area contributed by atoms with Crippen molar-refractivity contribution in [2.24, 2.45) is 5.73 Å². The van der Waals surface area contributed by atoms with Gasteiger partial charge in [0.15, 0.2) is 0 Å². The highest BCUT2D eigenvalue weighted by Gasteiger charge is 2.38. The van der Waals surface area contributed by atoms with Gasteiger partial charge in [-0.3, -0.25) is 0 Å². The van der Waals surface area contributed by atoms with Crippen LogP contribution < -0.4 is 10.5 Å². The lowest BCUT2D eigenvalue weighted by Crippen LogP contribution is -2.44. The third-order valence-electron chi connectivity index (χ3n) is 3.45. The van der Waals surface area contributed by atoms with Gasteiger partial charge >= 0.3 is 0 Å². The molecule has 18 heavy (non-hydrogen) atoms. The third-order valence-corrected chi connectivity index (χ3v) is 3.45. The van der Waals surface area contributed by atoms with E-state index in [1.165, 1.54) is 11.1 Å². The first-order valence-corrected chi connectivity index (χ1v) is 6.26. The number of methoxy groups -OCH3 is 1. The summed E-state index contributed by atoms with van der Waals surface area (Å²) in [6, 6.07) is 4.05. The molecule has 0 bridgehead atoms. The van der Waals surface area contributed by atoms with Gasteiger partial charge in [0.25, 0.3) is 0 Å². The standard InChI is InChI=1S/C14H21NO3/c1-10-7-12(13(16-3)8-11(10)2)14(9-15)17-5-4-6-18-14/h7-8H,4-6,9,15H2,1-3H3. The lowest BCUT2D eigenvalue weighted by atomic mass is 9.98. The van der Waals surface area contributed by atoms with Gasteiger partial charge in [-0.05, 0) is 43.5 Å².